The summed E-state index contributed by atoms with van der Waals surface area (Å²) >= 11 is 0. The molecule has 94 valence electrons. The predicted molar refractivity (Wildman–Crippen MR) is 71.2 cm³/mol. The van der Waals surface area contributed by atoms with Crippen LogP contribution in [-0.2, 0) is 24.0 Å². The minimum Gasteiger partial charge on any atom is -0.380 e. The minimum atomic E-state index is 0.101. The molecule has 1 aliphatic carbocycles. The molecule has 0 amide bonds. The Morgan fingerprint density at radius 3 is 2.76 bits per heavy atom. The van der Waals surface area contributed by atoms with E-state index in [2.05, 4.69) is 25.1 Å². The van der Waals surface area contributed by atoms with Crippen LogP contribution in [-0.4, -0.2) is 19.3 Å². The Hall–Kier alpha value is -0.860. The number of fused-ring (bicyclic) bond motifs is 1. The molecule has 2 unspecified atom stereocenters. The fourth-order valence-corrected chi connectivity index (χ4v) is 2.80. The van der Waals surface area contributed by atoms with Crippen molar-refractivity contribution in [2.24, 2.45) is 5.73 Å². The van der Waals surface area contributed by atoms with Crippen molar-refractivity contribution in [1.82, 2.24) is 0 Å². The van der Waals surface area contributed by atoms with Crippen LogP contribution in [0.1, 0.15) is 36.5 Å². The fraction of sp³-hybridized carbons (Fsp3) is 0.600. The summed E-state index contributed by atoms with van der Waals surface area (Å²) in [6.07, 6.45) is 5.85. The molecule has 17 heavy (non-hydrogen) atoms. The number of ether oxygens (including phenoxy) is 1. The van der Waals surface area contributed by atoms with Crippen LogP contribution in [0.5, 0.6) is 0 Å². The van der Waals surface area contributed by atoms with E-state index >= 15 is 0 Å². The standard InChI is InChI=1S/C15H23NO/c1-3-15(17-2)14(16)10-11-7-8-12-5-4-6-13(12)9-11/h7-9,14-15H,3-6,10,16H2,1-2H3. The molecule has 0 radical (unpaired) electrons. The van der Waals surface area contributed by atoms with Gasteiger partial charge in [-0.15, -0.1) is 0 Å². The largest absolute Gasteiger partial charge is 0.380 e. The van der Waals surface area contributed by atoms with Crippen LogP contribution in [0.2, 0.25) is 0 Å². The summed E-state index contributed by atoms with van der Waals surface area (Å²) in [6.45, 7) is 2.12. The molecule has 0 saturated carbocycles. The smallest absolute Gasteiger partial charge is 0.0722 e. The third-order valence-electron chi connectivity index (χ3n) is 3.82. The summed E-state index contributed by atoms with van der Waals surface area (Å²) in [5.41, 5.74) is 10.6. The average molecular weight is 233 g/mol. The van der Waals surface area contributed by atoms with Gasteiger partial charge in [-0.05, 0) is 48.8 Å². The lowest BCUT2D eigenvalue weighted by Crippen LogP contribution is -2.37. The number of methoxy groups -OCH3 is 1. The molecule has 2 N–H and O–H groups in total. The second-order valence-electron chi connectivity index (χ2n) is 5.01. The molecule has 2 rings (SSSR count). The Labute approximate surface area is 104 Å². The Morgan fingerprint density at radius 1 is 1.29 bits per heavy atom. The molecular formula is C15H23NO. The lowest BCUT2D eigenvalue weighted by Gasteiger charge is -2.21. The highest BCUT2D eigenvalue weighted by atomic mass is 16.5. The van der Waals surface area contributed by atoms with Crippen molar-refractivity contribution in [2.45, 2.75) is 51.2 Å². The molecule has 2 heteroatoms. The maximum absolute atomic E-state index is 6.19. The van der Waals surface area contributed by atoms with Crippen molar-refractivity contribution in [3.8, 4) is 0 Å². The van der Waals surface area contributed by atoms with Gasteiger partial charge >= 0.3 is 0 Å². The molecule has 0 aromatic heterocycles. The van der Waals surface area contributed by atoms with E-state index in [1.165, 1.54) is 36.0 Å². The molecular weight excluding hydrogens is 210 g/mol. The van der Waals surface area contributed by atoms with Gasteiger partial charge in [0.2, 0.25) is 0 Å². The Kier molecular flexibility index (Phi) is 4.19. The zero-order valence-corrected chi connectivity index (χ0v) is 10.9. The number of aryl methyl sites for hydroxylation is 2. The third kappa shape index (κ3) is 2.88. The Bertz CT molecular complexity index is 371. The second-order valence-corrected chi connectivity index (χ2v) is 5.01. The van der Waals surface area contributed by atoms with Crippen molar-refractivity contribution >= 4 is 0 Å². The van der Waals surface area contributed by atoms with Crippen molar-refractivity contribution < 1.29 is 4.74 Å². The molecule has 0 aliphatic heterocycles. The zero-order valence-electron chi connectivity index (χ0n) is 10.9. The lowest BCUT2D eigenvalue weighted by atomic mass is 9.97. The van der Waals surface area contributed by atoms with Gasteiger partial charge in [0.1, 0.15) is 0 Å². The van der Waals surface area contributed by atoms with Crippen LogP contribution >= 0.6 is 0 Å². The second kappa shape index (κ2) is 5.65. The number of rotatable bonds is 5. The Morgan fingerprint density at radius 2 is 2.06 bits per heavy atom. The van der Waals surface area contributed by atoms with Crippen LogP contribution in [0.3, 0.4) is 0 Å². The van der Waals surface area contributed by atoms with Crippen LogP contribution in [0.15, 0.2) is 18.2 Å². The molecule has 0 spiro atoms. The van der Waals surface area contributed by atoms with Crippen molar-refractivity contribution in [3.05, 3.63) is 34.9 Å². The van der Waals surface area contributed by atoms with E-state index in [4.69, 9.17) is 10.5 Å². The number of hydrogen-bond donors (Lipinski definition) is 1. The highest BCUT2D eigenvalue weighted by Gasteiger charge is 2.17. The predicted octanol–water partition coefficient (Wildman–Crippen LogP) is 2.47. The third-order valence-corrected chi connectivity index (χ3v) is 3.82. The summed E-state index contributed by atoms with van der Waals surface area (Å²) in [6, 6.07) is 6.94. The van der Waals surface area contributed by atoms with Gasteiger partial charge in [0.25, 0.3) is 0 Å². The summed E-state index contributed by atoms with van der Waals surface area (Å²) in [7, 11) is 1.75. The van der Waals surface area contributed by atoms with Crippen LogP contribution in [0.25, 0.3) is 0 Å². The van der Waals surface area contributed by atoms with E-state index in [9.17, 15) is 0 Å². The molecule has 0 bridgehead atoms. The molecule has 1 aromatic rings. The monoisotopic (exact) mass is 233 g/mol. The van der Waals surface area contributed by atoms with E-state index in [-0.39, 0.29) is 12.1 Å². The van der Waals surface area contributed by atoms with Gasteiger partial charge in [0.05, 0.1) is 6.10 Å². The molecule has 1 aromatic carbocycles. The van der Waals surface area contributed by atoms with Crippen molar-refractivity contribution in [3.63, 3.8) is 0 Å². The maximum atomic E-state index is 6.19. The highest BCUT2D eigenvalue weighted by molar-refractivity contribution is 5.35. The Balaban J connectivity index is 2.03. The van der Waals surface area contributed by atoms with Gasteiger partial charge in [-0.25, -0.2) is 0 Å². The SMILES string of the molecule is CCC(OC)C(N)Cc1ccc2c(c1)CCC2. The van der Waals surface area contributed by atoms with Gasteiger partial charge in [-0.2, -0.15) is 0 Å². The fourth-order valence-electron chi connectivity index (χ4n) is 2.80. The topological polar surface area (TPSA) is 35.2 Å². The summed E-state index contributed by atoms with van der Waals surface area (Å²) < 4.78 is 5.40. The van der Waals surface area contributed by atoms with E-state index < -0.39 is 0 Å². The molecule has 2 atom stereocenters. The summed E-state index contributed by atoms with van der Waals surface area (Å²) in [5, 5.41) is 0. The van der Waals surface area contributed by atoms with E-state index in [1.54, 1.807) is 7.11 Å². The molecule has 0 heterocycles. The molecule has 0 saturated heterocycles. The minimum absolute atomic E-state index is 0.101. The molecule has 1 aliphatic rings. The first kappa shape index (κ1) is 12.6. The maximum Gasteiger partial charge on any atom is 0.0722 e. The highest BCUT2D eigenvalue weighted by Crippen LogP contribution is 2.23. The van der Waals surface area contributed by atoms with Gasteiger partial charge in [-0.3, -0.25) is 0 Å². The first-order valence-electron chi connectivity index (χ1n) is 6.63. The first-order valence-corrected chi connectivity index (χ1v) is 6.63. The summed E-state index contributed by atoms with van der Waals surface area (Å²) in [5.74, 6) is 0. The quantitative estimate of drug-likeness (QED) is 0.848. The van der Waals surface area contributed by atoms with Crippen LogP contribution in [0, 0.1) is 0 Å². The van der Waals surface area contributed by atoms with Crippen molar-refractivity contribution in [1.29, 1.82) is 0 Å². The van der Waals surface area contributed by atoms with Gasteiger partial charge in [-0.1, -0.05) is 25.1 Å². The number of benzene rings is 1. The molecule has 2 nitrogen and oxygen atoms in total. The number of hydrogen-bond acceptors (Lipinski definition) is 2. The van der Waals surface area contributed by atoms with Gasteiger partial charge in [0, 0.05) is 13.2 Å². The van der Waals surface area contributed by atoms with Gasteiger partial charge in [0.15, 0.2) is 0 Å². The first-order chi connectivity index (χ1) is 8.24. The van der Waals surface area contributed by atoms with Gasteiger partial charge < -0.3 is 10.5 Å². The van der Waals surface area contributed by atoms with Crippen molar-refractivity contribution in [2.75, 3.05) is 7.11 Å². The van der Waals surface area contributed by atoms with E-state index in [1.807, 2.05) is 0 Å². The summed E-state index contributed by atoms with van der Waals surface area (Å²) in [4.78, 5) is 0. The van der Waals surface area contributed by atoms with E-state index in [0.717, 1.165) is 12.8 Å². The van der Waals surface area contributed by atoms with E-state index in [0.29, 0.717) is 0 Å². The normalized spacial score (nSPS) is 17.8. The zero-order chi connectivity index (χ0) is 12.3. The lowest BCUT2D eigenvalue weighted by molar-refractivity contribution is 0.0773. The van der Waals surface area contributed by atoms with Crippen LogP contribution in [0.4, 0.5) is 0 Å². The average Bonchev–Trinajstić information content (AvgIpc) is 2.77. The van der Waals surface area contributed by atoms with Crippen LogP contribution < -0.4 is 5.73 Å². The molecule has 0 fully saturated rings. The number of nitrogens with two attached hydrogens (primary N) is 1.